The van der Waals surface area contributed by atoms with Gasteiger partial charge in [0.2, 0.25) is 0 Å². The molecule has 1 aromatic carbocycles. The molecule has 0 bridgehead atoms. The van der Waals surface area contributed by atoms with Crippen molar-refractivity contribution in [2.24, 2.45) is 5.10 Å². The molecule has 0 unspecified atom stereocenters. The van der Waals surface area contributed by atoms with Crippen molar-refractivity contribution in [2.75, 3.05) is 14.2 Å². The molecule has 8 heteroatoms. The van der Waals surface area contributed by atoms with Gasteiger partial charge in [-0.2, -0.15) is 5.10 Å². The Bertz CT molecular complexity index is 605. The van der Waals surface area contributed by atoms with Crippen LogP contribution in [0.25, 0.3) is 0 Å². The number of hydrogen-bond donors (Lipinski definition) is 2. The lowest BCUT2D eigenvalue weighted by Crippen LogP contribution is -2.41. The first kappa shape index (κ1) is 19.0. The fourth-order valence-corrected chi connectivity index (χ4v) is 2.00. The highest BCUT2D eigenvalue weighted by Gasteiger charge is 2.14. The first-order chi connectivity index (χ1) is 10.9. The molecule has 0 aliphatic heterocycles. The van der Waals surface area contributed by atoms with Gasteiger partial charge in [0.1, 0.15) is 0 Å². The van der Waals surface area contributed by atoms with Crippen LogP contribution in [-0.2, 0) is 9.59 Å². The molecule has 7 nitrogen and oxygen atoms in total. The molecule has 126 valence electrons. The molecule has 0 aromatic heterocycles. The molecule has 1 rings (SSSR count). The first-order valence-electron chi connectivity index (χ1n) is 6.98. The number of carbonyl (C=O) groups is 2. The number of hydrazone groups is 1. The molecular formula is C15H20BrN3O4. The van der Waals surface area contributed by atoms with Crippen LogP contribution in [0.3, 0.4) is 0 Å². The number of rotatable bonds is 6. The Morgan fingerprint density at radius 2 is 1.87 bits per heavy atom. The minimum Gasteiger partial charge on any atom is -0.493 e. The monoisotopic (exact) mass is 385 g/mol. The van der Waals surface area contributed by atoms with Crippen molar-refractivity contribution in [1.82, 2.24) is 10.7 Å². The lowest BCUT2D eigenvalue weighted by Gasteiger charge is -2.10. The number of hydrogen-bond acceptors (Lipinski definition) is 5. The van der Waals surface area contributed by atoms with Crippen molar-refractivity contribution in [3.63, 3.8) is 0 Å². The molecular weight excluding hydrogens is 366 g/mol. The van der Waals surface area contributed by atoms with Gasteiger partial charge >= 0.3 is 11.8 Å². The highest BCUT2D eigenvalue weighted by atomic mass is 79.9. The molecule has 0 saturated carbocycles. The number of halogens is 1. The van der Waals surface area contributed by atoms with Crippen molar-refractivity contribution < 1.29 is 19.1 Å². The van der Waals surface area contributed by atoms with Gasteiger partial charge in [-0.05, 0) is 41.4 Å². The van der Waals surface area contributed by atoms with Crippen LogP contribution >= 0.6 is 15.9 Å². The predicted octanol–water partition coefficient (Wildman–Crippen LogP) is 1.83. The average molecular weight is 386 g/mol. The van der Waals surface area contributed by atoms with E-state index in [1.807, 2.05) is 13.8 Å². The molecule has 0 aliphatic rings. The third-order valence-corrected chi connectivity index (χ3v) is 3.76. The van der Waals surface area contributed by atoms with Crippen molar-refractivity contribution in [2.45, 2.75) is 26.3 Å². The summed E-state index contributed by atoms with van der Waals surface area (Å²) in [5, 5.41) is 6.33. The summed E-state index contributed by atoms with van der Waals surface area (Å²) < 4.78 is 11.1. The van der Waals surface area contributed by atoms with Gasteiger partial charge in [-0.15, -0.1) is 0 Å². The molecule has 0 aliphatic carbocycles. The lowest BCUT2D eigenvalue weighted by atomic mass is 10.2. The maximum absolute atomic E-state index is 11.6. The quantitative estimate of drug-likeness (QED) is 0.444. The zero-order valence-corrected chi connectivity index (χ0v) is 15.1. The Labute approximate surface area is 143 Å². The molecule has 2 N–H and O–H groups in total. The van der Waals surface area contributed by atoms with Crippen LogP contribution < -0.4 is 20.2 Å². The van der Waals surface area contributed by atoms with E-state index in [4.69, 9.17) is 9.47 Å². The van der Waals surface area contributed by atoms with E-state index in [-0.39, 0.29) is 6.04 Å². The van der Waals surface area contributed by atoms with Gasteiger partial charge in [-0.3, -0.25) is 9.59 Å². The molecule has 23 heavy (non-hydrogen) atoms. The number of carbonyl (C=O) groups excluding carboxylic acids is 2. The summed E-state index contributed by atoms with van der Waals surface area (Å²) in [6.45, 7) is 3.73. The summed E-state index contributed by atoms with van der Waals surface area (Å²) in [6, 6.07) is 3.34. The maximum atomic E-state index is 11.6. The number of amides is 2. The summed E-state index contributed by atoms with van der Waals surface area (Å²) in [5.41, 5.74) is 2.84. The third kappa shape index (κ3) is 5.55. The summed E-state index contributed by atoms with van der Waals surface area (Å²) in [4.78, 5) is 23.2. The Morgan fingerprint density at radius 3 is 2.43 bits per heavy atom. The number of nitrogens with zero attached hydrogens (tertiary/aromatic N) is 1. The van der Waals surface area contributed by atoms with Crippen LogP contribution in [0.1, 0.15) is 25.8 Å². The van der Waals surface area contributed by atoms with Crippen molar-refractivity contribution in [1.29, 1.82) is 0 Å². The van der Waals surface area contributed by atoms with E-state index in [1.54, 1.807) is 12.1 Å². The van der Waals surface area contributed by atoms with Gasteiger partial charge in [0.15, 0.2) is 11.5 Å². The van der Waals surface area contributed by atoms with Crippen LogP contribution in [0.4, 0.5) is 0 Å². The molecule has 1 aromatic rings. The van der Waals surface area contributed by atoms with E-state index in [0.717, 1.165) is 6.42 Å². The molecule has 0 spiro atoms. The van der Waals surface area contributed by atoms with Gasteiger partial charge in [0.05, 0.1) is 20.4 Å². The number of methoxy groups -OCH3 is 2. The standard InChI is InChI=1S/C15H20BrN3O4/c1-5-9(2)18-14(20)15(21)19-17-8-10-6-12(22-3)13(23-4)7-11(10)16/h6-9H,5H2,1-4H3,(H,18,20)(H,19,21)/b17-8-/t9-/m0/s1. The van der Waals surface area contributed by atoms with Gasteiger partial charge in [-0.25, -0.2) is 5.43 Å². The van der Waals surface area contributed by atoms with E-state index in [1.165, 1.54) is 20.4 Å². The molecule has 0 radical (unpaired) electrons. The second-order valence-electron chi connectivity index (χ2n) is 4.71. The van der Waals surface area contributed by atoms with Crippen molar-refractivity contribution in [3.05, 3.63) is 22.2 Å². The van der Waals surface area contributed by atoms with Crippen LogP contribution in [0.2, 0.25) is 0 Å². The Hall–Kier alpha value is -2.09. The van der Waals surface area contributed by atoms with E-state index in [2.05, 4.69) is 31.8 Å². The van der Waals surface area contributed by atoms with E-state index in [0.29, 0.717) is 21.5 Å². The molecule has 0 saturated heterocycles. The molecule has 0 fully saturated rings. The van der Waals surface area contributed by atoms with Gasteiger partial charge in [-0.1, -0.05) is 6.92 Å². The van der Waals surface area contributed by atoms with Gasteiger partial charge < -0.3 is 14.8 Å². The second kappa shape index (κ2) is 9.14. The smallest absolute Gasteiger partial charge is 0.329 e. The van der Waals surface area contributed by atoms with Crippen LogP contribution in [0.5, 0.6) is 11.5 Å². The fraction of sp³-hybridized carbons (Fsp3) is 0.400. The SMILES string of the molecule is CC[C@H](C)NC(=O)C(=O)N/N=C\c1cc(OC)c(OC)cc1Br. The molecule has 1 atom stereocenters. The molecule has 0 heterocycles. The van der Waals surface area contributed by atoms with Gasteiger partial charge in [0, 0.05) is 16.1 Å². The summed E-state index contributed by atoms with van der Waals surface area (Å²) in [6.07, 6.45) is 2.14. The minimum atomic E-state index is -0.821. The third-order valence-electron chi connectivity index (χ3n) is 3.07. The fourth-order valence-electron chi connectivity index (χ4n) is 1.57. The van der Waals surface area contributed by atoms with E-state index < -0.39 is 11.8 Å². The number of benzene rings is 1. The summed E-state index contributed by atoms with van der Waals surface area (Å²) >= 11 is 3.37. The van der Waals surface area contributed by atoms with Crippen LogP contribution in [0.15, 0.2) is 21.7 Å². The number of nitrogens with one attached hydrogen (secondary N) is 2. The topological polar surface area (TPSA) is 89.0 Å². The maximum Gasteiger partial charge on any atom is 0.329 e. The normalized spacial score (nSPS) is 11.9. The van der Waals surface area contributed by atoms with Crippen molar-refractivity contribution >= 4 is 34.0 Å². The Balaban J connectivity index is 2.74. The lowest BCUT2D eigenvalue weighted by molar-refractivity contribution is -0.139. The highest BCUT2D eigenvalue weighted by molar-refractivity contribution is 9.10. The summed E-state index contributed by atoms with van der Waals surface area (Å²) in [5.74, 6) is -0.451. The molecule has 2 amide bonds. The zero-order valence-electron chi connectivity index (χ0n) is 13.5. The first-order valence-corrected chi connectivity index (χ1v) is 7.77. The number of ether oxygens (including phenoxy) is 2. The predicted molar refractivity (Wildman–Crippen MR) is 90.9 cm³/mol. The second-order valence-corrected chi connectivity index (χ2v) is 5.56. The minimum absolute atomic E-state index is 0.0720. The van der Waals surface area contributed by atoms with E-state index >= 15 is 0 Å². The Kier molecular flexibility index (Phi) is 7.53. The van der Waals surface area contributed by atoms with Gasteiger partial charge in [0.25, 0.3) is 0 Å². The highest BCUT2D eigenvalue weighted by Crippen LogP contribution is 2.32. The average Bonchev–Trinajstić information content (AvgIpc) is 2.55. The Morgan fingerprint density at radius 1 is 1.26 bits per heavy atom. The zero-order chi connectivity index (χ0) is 17.4. The van der Waals surface area contributed by atoms with E-state index in [9.17, 15) is 9.59 Å². The summed E-state index contributed by atoms with van der Waals surface area (Å²) in [7, 11) is 3.06. The largest absolute Gasteiger partial charge is 0.493 e. The van der Waals surface area contributed by atoms with Crippen molar-refractivity contribution in [3.8, 4) is 11.5 Å². The van der Waals surface area contributed by atoms with Crippen LogP contribution in [-0.4, -0.2) is 38.3 Å². The van der Waals surface area contributed by atoms with Crippen LogP contribution in [0, 0.1) is 0 Å².